The molecule has 0 bridgehead atoms. The van der Waals surface area contributed by atoms with Crippen LogP contribution in [0.1, 0.15) is 18.4 Å². The van der Waals surface area contributed by atoms with Crippen LogP contribution in [0.2, 0.25) is 0 Å². The molecule has 0 spiro atoms. The van der Waals surface area contributed by atoms with Crippen LogP contribution in [0.15, 0.2) is 35.3 Å². The Morgan fingerprint density at radius 3 is 2.57 bits per heavy atom. The zero-order valence-electron chi connectivity index (χ0n) is 13.9. The van der Waals surface area contributed by atoms with E-state index in [9.17, 15) is 4.79 Å². The summed E-state index contributed by atoms with van der Waals surface area (Å²) in [5, 5.41) is 9.13. The Morgan fingerprint density at radius 2 is 1.96 bits per heavy atom. The van der Waals surface area contributed by atoms with Gasteiger partial charge in [-0.1, -0.05) is 30.3 Å². The number of benzene rings is 1. The Morgan fingerprint density at radius 1 is 1.22 bits per heavy atom. The first-order valence-corrected chi connectivity index (χ1v) is 7.96. The molecule has 0 saturated heterocycles. The number of hydrogen-bond donors (Lipinski definition) is 3. The van der Waals surface area contributed by atoms with Crippen LogP contribution in [0.3, 0.4) is 0 Å². The van der Waals surface area contributed by atoms with Gasteiger partial charge in [0.2, 0.25) is 5.91 Å². The second-order valence-electron chi connectivity index (χ2n) is 5.77. The second-order valence-corrected chi connectivity index (χ2v) is 5.77. The van der Waals surface area contributed by atoms with Crippen molar-refractivity contribution < 1.29 is 9.53 Å². The van der Waals surface area contributed by atoms with Gasteiger partial charge >= 0.3 is 0 Å². The number of aliphatic imine (C=N–C) groups is 1. The van der Waals surface area contributed by atoms with E-state index in [1.165, 1.54) is 18.4 Å². The summed E-state index contributed by atoms with van der Waals surface area (Å²) >= 11 is 0. The van der Waals surface area contributed by atoms with E-state index in [1.54, 1.807) is 14.2 Å². The Bertz CT molecular complexity index is 527. The zero-order valence-corrected chi connectivity index (χ0v) is 13.9. The molecular formula is C17H26N4O2. The lowest BCUT2D eigenvalue weighted by Crippen LogP contribution is -2.45. The maximum atomic E-state index is 11.7. The van der Waals surface area contributed by atoms with Crippen LogP contribution in [0.4, 0.5) is 0 Å². The van der Waals surface area contributed by atoms with Crippen LogP contribution in [-0.4, -0.2) is 52.3 Å². The third-order valence-electron chi connectivity index (χ3n) is 4.10. The fourth-order valence-electron chi connectivity index (χ4n) is 2.50. The average molecular weight is 318 g/mol. The molecule has 1 aromatic rings. The summed E-state index contributed by atoms with van der Waals surface area (Å²) in [6, 6.07) is 10.5. The van der Waals surface area contributed by atoms with Crippen molar-refractivity contribution in [1.29, 1.82) is 0 Å². The molecule has 0 aromatic heterocycles. The molecule has 1 aromatic carbocycles. The van der Waals surface area contributed by atoms with E-state index < -0.39 is 0 Å². The number of amides is 1. The number of ether oxygens (including phenoxy) is 1. The normalized spacial score (nSPS) is 15.8. The van der Waals surface area contributed by atoms with Crippen LogP contribution >= 0.6 is 0 Å². The number of methoxy groups -OCH3 is 1. The predicted molar refractivity (Wildman–Crippen MR) is 91.6 cm³/mol. The van der Waals surface area contributed by atoms with Crippen molar-refractivity contribution in [3.8, 4) is 0 Å². The molecule has 0 heterocycles. The summed E-state index contributed by atoms with van der Waals surface area (Å²) < 4.78 is 4.89. The highest BCUT2D eigenvalue weighted by molar-refractivity contribution is 5.86. The van der Waals surface area contributed by atoms with Crippen LogP contribution in [0.25, 0.3) is 0 Å². The molecule has 1 fully saturated rings. The molecular weight excluding hydrogens is 292 g/mol. The summed E-state index contributed by atoms with van der Waals surface area (Å²) in [6.45, 7) is 2.04. The van der Waals surface area contributed by atoms with Crippen molar-refractivity contribution in [1.82, 2.24) is 16.0 Å². The third kappa shape index (κ3) is 5.25. The Labute approximate surface area is 137 Å². The minimum absolute atomic E-state index is 0.0748. The third-order valence-corrected chi connectivity index (χ3v) is 4.10. The minimum atomic E-state index is -0.0748. The monoisotopic (exact) mass is 318 g/mol. The standard InChI is InChI=1S/C17H26N4O2/c1-18-16(20-12-15(22)19-10-11-23-2)21-13-17(8-9-17)14-6-4-3-5-7-14/h3-7H,8-13H2,1-2H3,(H,19,22)(H2,18,20,21). The molecule has 23 heavy (non-hydrogen) atoms. The van der Waals surface area contributed by atoms with E-state index in [1.807, 2.05) is 6.07 Å². The Balaban J connectivity index is 1.74. The van der Waals surface area contributed by atoms with Crippen molar-refractivity contribution in [2.45, 2.75) is 18.3 Å². The number of guanidine groups is 1. The van der Waals surface area contributed by atoms with Gasteiger partial charge in [0.25, 0.3) is 0 Å². The van der Waals surface area contributed by atoms with Crippen molar-refractivity contribution in [2.75, 3.05) is 40.4 Å². The highest BCUT2D eigenvalue weighted by Gasteiger charge is 2.43. The van der Waals surface area contributed by atoms with Gasteiger partial charge in [-0.05, 0) is 18.4 Å². The van der Waals surface area contributed by atoms with E-state index in [2.05, 4.69) is 45.2 Å². The fourth-order valence-corrected chi connectivity index (χ4v) is 2.50. The molecule has 1 aliphatic carbocycles. The van der Waals surface area contributed by atoms with Gasteiger partial charge in [0, 0.05) is 32.7 Å². The Kier molecular flexibility index (Phi) is 6.40. The number of rotatable bonds is 8. The zero-order chi connectivity index (χ0) is 16.5. The highest BCUT2D eigenvalue weighted by atomic mass is 16.5. The van der Waals surface area contributed by atoms with Crippen LogP contribution in [0, 0.1) is 0 Å². The predicted octanol–water partition coefficient (Wildman–Crippen LogP) is 0.646. The second kappa shape index (κ2) is 8.53. The summed E-state index contributed by atoms with van der Waals surface area (Å²) in [6.07, 6.45) is 2.36. The molecule has 1 aliphatic rings. The smallest absolute Gasteiger partial charge is 0.239 e. The summed E-state index contributed by atoms with van der Waals surface area (Å²) in [7, 11) is 3.32. The molecule has 0 radical (unpaired) electrons. The summed E-state index contributed by atoms with van der Waals surface area (Å²) in [4.78, 5) is 15.8. The number of carbonyl (C=O) groups is 1. The quantitative estimate of drug-likeness (QED) is 0.374. The number of hydrogen-bond acceptors (Lipinski definition) is 3. The average Bonchev–Trinajstić information content (AvgIpc) is 3.37. The largest absolute Gasteiger partial charge is 0.383 e. The SMILES string of the molecule is CN=C(NCC(=O)NCCOC)NCC1(c2ccccc2)CC1. The molecule has 6 heteroatoms. The topological polar surface area (TPSA) is 74.8 Å². The maximum absolute atomic E-state index is 11.7. The van der Waals surface area contributed by atoms with Gasteiger partial charge < -0.3 is 20.7 Å². The van der Waals surface area contributed by atoms with E-state index in [-0.39, 0.29) is 17.9 Å². The summed E-state index contributed by atoms with van der Waals surface area (Å²) in [5.41, 5.74) is 1.57. The van der Waals surface area contributed by atoms with Crippen molar-refractivity contribution in [3.63, 3.8) is 0 Å². The van der Waals surface area contributed by atoms with E-state index >= 15 is 0 Å². The van der Waals surface area contributed by atoms with Crippen LogP contribution < -0.4 is 16.0 Å². The minimum Gasteiger partial charge on any atom is -0.383 e. The molecule has 2 rings (SSSR count). The van der Waals surface area contributed by atoms with Gasteiger partial charge in [-0.15, -0.1) is 0 Å². The first kappa shape index (κ1) is 17.3. The molecule has 0 aliphatic heterocycles. The number of carbonyl (C=O) groups excluding carboxylic acids is 1. The summed E-state index contributed by atoms with van der Waals surface area (Å²) in [5.74, 6) is 0.572. The molecule has 0 unspecified atom stereocenters. The van der Waals surface area contributed by atoms with Crippen molar-refractivity contribution in [2.24, 2.45) is 4.99 Å². The highest BCUT2D eigenvalue weighted by Crippen LogP contribution is 2.47. The lowest BCUT2D eigenvalue weighted by molar-refractivity contribution is -0.120. The van der Waals surface area contributed by atoms with E-state index in [0.717, 1.165) is 6.54 Å². The fraction of sp³-hybridized carbons (Fsp3) is 0.529. The maximum Gasteiger partial charge on any atom is 0.239 e. The van der Waals surface area contributed by atoms with Gasteiger partial charge in [0.15, 0.2) is 5.96 Å². The van der Waals surface area contributed by atoms with Gasteiger partial charge in [0.1, 0.15) is 0 Å². The van der Waals surface area contributed by atoms with Crippen LogP contribution in [-0.2, 0) is 14.9 Å². The number of nitrogens with one attached hydrogen (secondary N) is 3. The van der Waals surface area contributed by atoms with Gasteiger partial charge in [0.05, 0.1) is 13.2 Å². The molecule has 1 amide bonds. The van der Waals surface area contributed by atoms with Crippen LogP contribution in [0.5, 0.6) is 0 Å². The molecule has 126 valence electrons. The first-order chi connectivity index (χ1) is 11.2. The van der Waals surface area contributed by atoms with Gasteiger partial charge in [-0.3, -0.25) is 9.79 Å². The molecule has 1 saturated carbocycles. The molecule has 3 N–H and O–H groups in total. The van der Waals surface area contributed by atoms with E-state index in [0.29, 0.717) is 19.1 Å². The van der Waals surface area contributed by atoms with E-state index in [4.69, 9.17) is 4.74 Å². The number of nitrogens with zero attached hydrogens (tertiary/aromatic N) is 1. The first-order valence-electron chi connectivity index (χ1n) is 7.96. The van der Waals surface area contributed by atoms with Gasteiger partial charge in [-0.2, -0.15) is 0 Å². The van der Waals surface area contributed by atoms with Crippen molar-refractivity contribution in [3.05, 3.63) is 35.9 Å². The lowest BCUT2D eigenvalue weighted by Gasteiger charge is -2.19. The molecule has 6 nitrogen and oxygen atoms in total. The van der Waals surface area contributed by atoms with Crippen molar-refractivity contribution >= 4 is 11.9 Å². The lowest BCUT2D eigenvalue weighted by atomic mass is 9.96. The van der Waals surface area contributed by atoms with Gasteiger partial charge in [-0.25, -0.2) is 0 Å². The molecule has 0 atom stereocenters. The Hall–Kier alpha value is -2.08.